The molecule has 0 spiro atoms. The summed E-state index contributed by atoms with van der Waals surface area (Å²) >= 11 is 0. The maximum Gasteiger partial charge on any atom is -0.0149 e. The first kappa shape index (κ1) is 9.22. The Labute approximate surface area is 63.1 Å². The van der Waals surface area contributed by atoms with Gasteiger partial charge in [-0.25, -0.2) is 0 Å². The third-order valence-electron chi connectivity index (χ3n) is 2.19. The SMILES string of the molecule is CCCCC1CCC1.[SiH4]. The Kier molecular flexibility index (Phi) is 5.16. The first-order valence-electron chi connectivity index (χ1n) is 3.93. The molecule has 0 nitrogen and oxygen atoms in total. The molecule has 1 rings (SSSR count). The molecule has 0 N–H and O–H groups in total. The second-order valence-corrected chi connectivity index (χ2v) is 2.94. The predicted molar refractivity (Wildman–Crippen MR) is 48.2 cm³/mol. The van der Waals surface area contributed by atoms with E-state index in [0.717, 1.165) is 5.92 Å². The van der Waals surface area contributed by atoms with Crippen LogP contribution in [0, 0.1) is 5.92 Å². The topological polar surface area (TPSA) is 0 Å². The van der Waals surface area contributed by atoms with Gasteiger partial charge in [0.05, 0.1) is 0 Å². The van der Waals surface area contributed by atoms with E-state index in [-0.39, 0.29) is 11.0 Å². The zero-order chi connectivity index (χ0) is 5.82. The van der Waals surface area contributed by atoms with Crippen molar-refractivity contribution < 1.29 is 0 Å². The highest BCUT2D eigenvalue weighted by Crippen LogP contribution is 2.30. The second-order valence-electron chi connectivity index (χ2n) is 2.94. The molecule has 56 valence electrons. The highest BCUT2D eigenvalue weighted by atomic mass is 28.1. The minimum atomic E-state index is 0. The molecule has 0 saturated heterocycles. The van der Waals surface area contributed by atoms with Crippen LogP contribution in [-0.4, -0.2) is 11.0 Å². The lowest BCUT2D eigenvalue weighted by atomic mass is 9.82. The van der Waals surface area contributed by atoms with Gasteiger partial charge in [-0.2, -0.15) is 0 Å². The number of hydrogen-bond acceptors (Lipinski definition) is 0. The average molecular weight is 144 g/mol. The van der Waals surface area contributed by atoms with Crippen molar-refractivity contribution in [3.63, 3.8) is 0 Å². The van der Waals surface area contributed by atoms with Crippen LogP contribution in [0.4, 0.5) is 0 Å². The molecule has 0 aromatic carbocycles. The van der Waals surface area contributed by atoms with E-state index in [1.807, 2.05) is 0 Å². The second kappa shape index (κ2) is 5.04. The van der Waals surface area contributed by atoms with Gasteiger partial charge in [0.2, 0.25) is 0 Å². The van der Waals surface area contributed by atoms with Crippen molar-refractivity contribution in [3.05, 3.63) is 0 Å². The molecule has 0 aliphatic heterocycles. The van der Waals surface area contributed by atoms with Crippen LogP contribution in [0.25, 0.3) is 0 Å². The van der Waals surface area contributed by atoms with Crippen LogP contribution in [0.1, 0.15) is 45.4 Å². The number of hydrogen-bond donors (Lipinski definition) is 0. The van der Waals surface area contributed by atoms with E-state index in [2.05, 4.69) is 6.92 Å². The molecule has 0 aromatic heterocycles. The Bertz CT molecular complexity index is 57.6. The quantitative estimate of drug-likeness (QED) is 0.527. The largest absolute Gasteiger partial charge is 0.0654 e. The summed E-state index contributed by atoms with van der Waals surface area (Å²) in [5, 5.41) is 0. The van der Waals surface area contributed by atoms with Crippen LogP contribution in [0.15, 0.2) is 0 Å². The van der Waals surface area contributed by atoms with Crippen LogP contribution < -0.4 is 0 Å². The molecule has 0 atom stereocenters. The fraction of sp³-hybridized carbons (Fsp3) is 1.00. The minimum absolute atomic E-state index is 0. The van der Waals surface area contributed by atoms with Gasteiger partial charge in [-0.15, -0.1) is 0 Å². The molecule has 0 radical (unpaired) electrons. The van der Waals surface area contributed by atoms with Crippen LogP contribution >= 0.6 is 0 Å². The van der Waals surface area contributed by atoms with Gasteiger partial charge in [0.1, 0.15) is 0 Å². The fourth-order valence-electron chi connectivity index (χ4n) is 1.27. The van der Waals surface area contributed by atoms with E-state index in [1.54, 1.807) is 0 Å². The van der Waals surface area contributed by atoms with Gasteiger partial charge in [0.15, 0.2) is 0 Å². The first-order chi connectivity index (χ1) is 3.93. The normalized spacial score (nSPS) is 18.3. The highest BCUT2D eigenvalue weighted by Gasteiger charge is 2.15. The molecule has 0 heterocycles. The standard InChI is InChI=1S/C8H16.H4Si/c1-2-3-5-8-6-4-7-8;/h8H,2-7H2,1H3;1H4. The summed E-state index contributed by atoms with van der Waals surface area (Å²) in [6.45, 7) is 2.28. The summed E-state index contributed by atoms with van der Waals surface area (Å²) in [6.07, 6.45) is 8.92. The number of rotatable bonds is 3. The van der Waals surface area contributed by atoms with E-state index in [1.165, 1.54) is 38.5 Å². The third kappa shape index (κ3) is 3.04. The Balaban J connectivity index is 0.000000640. The maximum atomic E-state index is 2.28. The van der Waals surface area contributed by atoms with Crippen molar-refractivity contribution in [2.45, 2.75) is 45.4 Å². The van der Waals surface area contributed by atoms with Gasteiger partial charge in [0.25, 0.3) is 0 Å². The van der Waals surface area contributed by atoms with E-state index >= 15 is 0 Å². The summed E-state index contributed by atoms with van der Waals surface area (Å²) in [5.74, 6) is 1.13. The fourth-order valence-corrected chi connectivity index (χ4v) is 1.27. The monoisotopic (exact) mass is 144 g/mol. The van der Waals surface area contributed by atoms with Crippen LogP contribution in [0.2, 0.25) is 0 Å². The smallest absolute Gasteiger partial charge is 0.0149 e. The summed E-state index contributed by atoms with van der Waals surface area (Å²) in [7, 11) is 0. The lowest BCUT2D eigenvalue weighted by Crippen LogP contribution is -2.09. The van der Waals surface area contributed by atoms with Gasteiger partial charge >= 0.3 is 0 Å². The molecule has 0 aromatic rings. The summed E-state index contributed by atoms with van der Waals surface area (Å²) < 4.78 is 0. The van der Waals surface area contributed by atoms with E-state index in [0.29, 0.717) is 0 Å². The minimum Gasteiger partial charge on any atom is -0.0654 e. The molecule has 0 amide bonds. The van der Waals surface area contributed by atoms with Crippen LogP contribution in [0.3, 0.4) is 0 Å². The lowest BCUT2D eigenvalue weighted by molar-refractivity contribution is 0.289. The molecular formula is C8H20Si. The highest BCUT2D eigenvalue weighted by molar-refractivity contribution is 5.75. The average Bonchev–Trinajstić information content (AvgIpc) is 1.63. The van der Waals surface area contributed by atoms with Crippen molar-refractivity contribution >= 4 is 11.0 Å². The van der Waals surface area contributed by atoms with Crippen LogP contribution in [-0.2, 0) is 0 Å². The lowest BCUT2D eigenvalue weighted by Gasteiger charge is -2.24. The van der Waals surface area contributed by atoms with Crippen molar-refractivity contribution in [1.82, 2.24) is 0 Å². The Hall–Kier alpha value is 0.217. The zero-order valence-electron chi connectivity index (χ0n) is 5.82. The Morgan fingerprint density at radius 1 is 1.33 bits per heavy atom. The van der Waals surface area contributed by atoms with Crippen molar-refractivity contribution in [1.29, 1.82) is 0 Å². The predicted octanol–water partition coefficient (Wildman–Crippen LogP) is 1.53. The third-order valence-corrected chi connectivity index (χ3v) is 2.19. The molecular weight excluding hydrogens is 124 g/mol. The maximum absolute atomic E-state index is 2.28. The van der Waals surface area contributed by atoms with Gasteiger partial charge in [-0.3, -0.25) is 0 Å². The van der Waals surface area contributed by atoms with Crippen molar-refractivity contribution in [2.75, 3.05) is 0 Å². The molecule has 9 heavy (non-hydrogen) atoms. The van der Waals surface area contributed by atoms with Crippen molar-refractivity contribution in [3.8, 4) is 0 Å². The molecule has 1 heteroatoms. The van der Waals surface area contributed by atoms with Gasteiger partial charge < -0.3 is 0 Å². The molecule has 1 aliphatic rings. The number of unbranched alkanes of at least 4 members (excludes halogenated alkanes) is 1. The van der Waals surface area contributed by atoms with E-state index < -0.39 is 0 Å². The van der Waals surface area contributed by atoms with E-state index in [4.69, 9.17) is 0 Å². The van der Waals surface area contributed by atoms with Gasteiger partial charge in [0, 0.05) is 0 Å². The summed E-state index contributed by atoms with van der Waals surface area (Å²) in [5.41, 5.74) is 0. The molecule has 0 unspecified atom stereocenters. The summed E-state index contributed by atoms with van der Waals surface area (Å²) in [6, 6.07) is 0. The van der Waals surface area contributed by atoms with Gasteiger partial charge in [-0.1, -0.05) is 45.4 Å². The van der Waals surface area contributed by atoms with Crippen molar-refractivity contribution in [2.24, 2.45) is 5.92 Å². The van der Waals surface area contributed by atoms with Crippen LogP contribution in [0.5, 0.6) is 0 Å². The Morgan fingerprint density at radius 2 is 2.00 bits per heavy atom. The van der Waals surface area contributed by atoms with E-state index in [9.17, 15) is 0 Å². The molecule has 1 saturated carbocycles. The molecule has 1 fully saturated rings. The molecule has 1 aliphatic carbocycles. The summed E-state index contributed by atoms with van der Waals surface area (Å²) in [4.78, 5) is 0. The molecule has 0 bridgehead atoms. The first-order valence-corrected chi connectivity index (χ1v) is 3.93. The zero-order valence-corrected chi connectivity index (χ0v) is 5.82. The Morgan fingerprint density at radius 3 is 2.33 bits per heavy atom. The van der Waals surface area contributed by atoms with Gasteiger partial charge in [-0.05, 0) is 16.9 Å².